The molecule has 26 heavy (non-hydrogen) atoms. The van der Waals surface area contributed by atoms with Crippen molar-refractivity contribution >= 4 is 38.9 Å². The first-order chi connectivity index (χ1) is 12.4. The SMILES string of the molecule is CCn1c(C(C)NS(=O)(=O)c2ccc(Cl)cc2)nc2ccc(C=O)cc21. The third-order valence-corrected chi connectivity index (χ3v) is 5.91. The first-order valence-electron chi connectivity index (χ1n) is 8.09. The van der Waals surface area contributed by atoms with Crippen LogP contribution in [0.5, 0.6) is 0 Å². The van der Waals surface area contributed by atoms with Gasteiger partial charge in [-0.2, -0.15) is 0 Å². The molecule has 1 N–H and O–H groups in total. The van der Waals surface area contributed by atoms with Gasteiger partial charge in [-0.25, -0.2) is 18.1 Å². The monoisotopic (exact) mass is 391 g/mol. The summed E-state index contributed by atoms with van der Waals surface area (Å²) in [6.45, 7) is 4.28. The molecule has 1 unspecified atom stereocenters. The second kappa shape index (κ2) is 7.19. The first-order valence-corrected chi connectivity index (χ1v) is 9.95. The molecule has 6 nitrogen and oxygen atoms in total. The molecule has 0 aliphatic carbocycles. The van der Waals surface area contributed by atoms with Gasteiger partial charge in [-0.05, 0) is 56.3 Å². The highest BCUT2D eigenvalue weighted by Gasteiger charge is 2.22. The molecule has 0 spiro atoms. The lowest BCUT2D eigenvalue weighted by molar-refractivity contribution is 0.112. The van der Waals surface area contributed by atoms with Gasteiger partial charge in [0.1, 0.15) is 12.1 Å². The van der Waals surface area contributed by atoms with E-state index in [1.807, 2.05) is 11.5 Å². The van der Waals surface area contributed by atoms with Crippen molar-refractivity contribution in [3.8, 4) is 0 Å². The molecule has 0 amide bonds. The Hall–Kier alpha value is -2.22. The number of benzene rings is 2. The number of aryl methyl sites for hydroxylation is 1. The minimum atomic E-state index is -3.72. The van der Waals surface area contributed by atoms with Crippen LogP contribution in [-0.4, -0.2) is 24.3 Å². The van der Waals surface area contributed by atoms with E-state index in [9.17, 15) is 13.2 Å². The maximum absolute atomic E-state index is 12.6. The molecule has 0 aliphatic heterocycles. The van der Waals surface area contributed by atoms with Gasteiger partial charge in [-0.3, -0.25) is 4.79 Å². The van der Waals surface area contributed by atoms with Crippen LogP contribution < -0.4 is 4.72 Å². The lowest BCUT2D eigenvalue weighted by Gasteiger charge is -2.15. The smallest absolute Gasteiger partial charge is 0.241 e. The number of halogens is 1. The number of imidazole rings is 1. The fourth-order valence-electron chi connectivity index (χ4n) is 2.86. The van der Waals surface area contributed by atoms with Crippen molar-refractivity contribution in [1.82, 2.24) is 14.3 Å². The van der Waals surface area contributed by atoms with Crippen molar-refractivity contribution in [3.05, 3.63) is 58.9 Å². The predicted octanol–water partition coefficient (Wildman–Crippen LogP) is 3.56. The van der Waals surface area contributed by atoms with Crippen LogP contribution >= 0.6 is 11.6 Å². The van der Waals surface area contributed by atoms with Crippen LogP contribution in [0.3, 0.4) is 0 Å². The Morgan fingerprint density at radius 3 is 2.54 bits per heavy atom. The Labute approximate surface area is 156 Å². The second-order valence-electron chi connectivity index (χ2n) is 5.88. The predicted molar refractivity (Wildman–Crippen MR) is 101 cm³/mol. The van der Waals surface area contributed by atoms with Crippen molar-refractivity contribution < 1.29 is 13.2 Å². The quantitative estimate of drug-likeness (QED) is 0.651. The molecule has 136 valence electrons. The summed E-state index contributed by atoms with van der Waals surface area (Å²) in [7, 11) is -3.72. The van der Waals surface area contributed by atoms with Crippen LogP contribution in [0.2, 0.25) is 5.02 Å². The van der Waals surface area contributed by atoms with Gasteiger partial charge < -0.3 is 4.57 Å². The molecule has 0 radical (unpaired) electrons. The highest BCUT2D eigenvalue weighted by molar-refractivity contribution is 7.89. The Kier molecular flexibility index (Phi) is 5.13. The molecular formula is C18H18ClN3O3S. The number of sulfonamides is 1. The fourth-order valence-corrected chi connectivity index (χ4v) is 4.19. The van der Waals surface area contributed by atoms with E-state index in [2.05, 4.69) is 9.71 Å². The summed E-state index contributed by atoms with van der Waals surface area (Å²) in [5.74, 6) is 0.586. The summed E-state index contributed by atoms with van der Waals surface area (Å²) in [5.41, 5.74) is 2.06. The van der Waals surface area contributed by atoms with Crippen LogP contribution in [-0.2, 0) is 16.6 Å². The fraction of sp³-hybridized carbons (Fsp3) is 0.222. The summed E-state index contributed by atoms with van der Waals surface area (Å²) in [5, 5.41) is 0.468. The van der Waals surface area contributed by atoms with Crippen molar-refractivity contribution in [2.24, 2.45) is 0 Å². The molecule has 1 atom stereocenters. The Morgan fingerprint density at radius 1 is 1.23 bits per heavy atom. The minimum Gasteiger partial charge on any atom is -0.327 e. The molecule has 8 heteroatoms. The third-order valence-electron chi connectivity index (χ3n) is 4.10. The van der Waals surface area contributed by atoms with Crippen LogP contribution in [0, 0.1) is 0 Å². The van der Waals surface area contributed by atoms with Crippen molar-refractivity contribution in [1.29, 1.82) is 0 Å². The maximum atomic E-state index is 12.6. The van der Waals surface area contributed by atoms with Gasteiger partial charge in [0.15, 0.2) is 0 Å². The Balaban J connectivity index is 1.98. The zero-order valence-corrected chi connectivity index (χ0v) is 15.9. The highest BCUT2D eigenvalue weighted by Crippen LogP contribution is 2.23. The highest BCUT2D eigenvalue weighted by atomic mass is 35.5. The number of nitrogens with one attached hydrogen (secondary N) is 1. The molecule has 0 saturated carbocycles. The Bertz CT molecular complexity index is 1060. The van der Waals surface area contributed by atoms with E-state index < -0.39 is 16.1 Å². The van der Waals surface area contributed by atoms with Gasteiger partial charge in [0.2, 0.25) is 10.0 Å². The maximum Gasteiger partial charge on any atom is 0.241 e. The van der Waals surface area contributed by atoms with Crippen LogP contribution in [0.4, 0.5) is 0 Å². The number of rotatable bonds is 6. The summed E-state index contributed by atoms with van der Waals surface area (Å²) in [6.07, 6.45) is 0.777. The number of hydrogen-bond donors (Lipinski definition) is 1. The Morgan fingerprint density at radius 2 is 1.92 bits per heavy atom. The van der Waals surface area contributed by atoms with Crippen molar-refractivity contribution in [2.45, 2.75) is 31.3 Å². The first kappa shape index (κ1) is 18.6. The lowest BCUT2D eigenvalue weighted by atomic mass is 10.2. The number of hydrogen-bond acceptors (Lipinski definition) is 4. The number of fused-ring (bicyclic) bond motifs is 1. The van der Waals surface area contributed by atoms with E-state index in [0.29, 0.717) is 28.5 Å². The van der Waals surface area contributed by atoms with Gasteiger partial charge in [0, 0.05) is 17.1 Å². The van der Waals surface area contributed by atoms with Gasteiger partial charge in [0.25, 0.3) is 0 Å². The normalized spacial score (nSPS) is 13.0. The molecule has 1 aromatic heterocycles. The van der Waals surface area contributed by atoms with Gasteiger partial charge in [0.05, 0.1) is 22.0 Å². The van der Waals surface area contributed by atoms with Gasteiger partial charge >= 0.3 is 0 Å². The average molecular weight is 392 g/mol. The zero-order valence-electron chi connectivity index (χ0n) is 14.3. The van der Waals surface area contributed by atoms with Crippen LogP contribution in [0.1, 0.15) is 36.1 Å². The number of aldehydes is 1. The molecule has 1 heterocycles. The number of nitrogens with zero attached hydrogens (tertiary/aromatic N) is 2. The van der Waals surface area contributed by atoms with Crippen molar-refractivity contribution in [2.75, 3.05) is 0 Å². The number of aromatic nitrogens is 2. The van der Waals surface area contributed by atoms with Crippen LogP contribution in [0.25, 0.3) is 11.0 Å². The van der Waals surface area contributed by atoms with E-state index in [4.69, 9.17) is 11.6 Å². The van der Waals surface area contributed by atoms with E-state index in [1.165, 1.54) is 24.3 Å². The van der Waals surface area contributed by atoms with Crippen LogP contribution in [0.15, 0.2) is 47.4 Å². The number of carbonyl (C=O) groups excluding carboxylic acids is 1. The second-order valence-corrected chi connectivity index (χ2v) is 8.03. The van der Waals surface area contributed by atoms with E-state index >= 15 is 0 Å². The average Bonchev–Trinajstić information content (AvgIpc) is 2.99. The molecule has 2 aromatic carbocycles. The third kappa shape index (κ3) is 3.51. The summed E-state index contributed by atoms with van der Waals surface area (Å²) < 4.78 is 29.8. The van der Waals surface area contributed by atoms with E-state index in [0.717, 1.165) is 11.8 Å². The molecule has 3 rings (SSSR count). The standard InChI is InChI=1S/C18H18ClN3O3S/c1-3-22-17-10-13(11-23)4-9-16(17)20-18(22)12(2)21-26(24,25)15-7-5-14(19)6-8-15/h4-12,21H,3H2,1-2H3. The summed E-state index contributed by atoms with van der Waals surface area (Å²) in [4.78, 5) is 15.7. The van der Waals surface area contributed by atoms with Gasteiger partial charge in [-0.1, -0.05) is 11.6 Å². The zero-order chi connectivity index (χ0) is 18.9. The largest absolute Gasteiger partial charge is 0.327 e. The van der Waals surface area contributed by atoms with Gasteiger partial charge in [-0.15, -0.1) is 0 Å². The van der Waals surface area contributed by atoms with E-state index in [1.54, 1.807) is 25.1 Å². The van der Waals surface area contributed by atoms with Crippen molar-refractivity contribution in [3.63, 3.8) is 0 Å². The summed E-state index contributed by atoms with van der Waals surface area (Å²) >= 11 is 5.82. The molecule has 3 aromatic rings. The molecule has 0 aliphatic rings. The molecule has 0 saturated heterocycles. The van der Waals surface area contributed by atoms with E-state index in [-0.39, 0.29) is 4.90 Å². The minimum absolute atomic E-state index is 0.135. The molecule has 0 bridgehead atoms. The molecular weight excluding hydrogens is 374 g/mol. The molecule has 0 fully saturated rings. The summed E-state index contributed by atoms with van der Waals surface area (Å²) in [6, 6.07) is 10.6. The topological polar surface area (TPSA) is 81.1 Å². The number of carbonyl (C=O) groups is 1. The lowest BCUT2D eigenvalue weighted by Crippen LogP contribution is -2.28.